The number of unbranched alkanes of at least 4 members (excludes halogenated alkanes) is 2. The predicted octanol–water partition coefficient (Wildman–Crippen LogP) is 6.47. The van der Waals surface area contributed by atoms with Gasteiger partial charge in [0.25, 0.3) is 0 Å². The van der Waals surface area contributed by atoms with Crippen molar-refractivity contribution in [2.45, 2.75) is 60.8 Å². The summed E-state index contributed by atoms with van der Waals surface area (Å²) in [5.74, 6) is 0. The molecule has 0 radical (unpaired) electrons. The minimum absolute atomic E-state index is 0.181. The maximum absolute atomic E-state index is 4.10. The summed E-state index contributed by atoms with van der Waals surface area (Å²) in [4.78, 5) is 0. The van der Waals surface area contributed by atoms with Crippen LogP contribution in [0.4, 0.5) is 0 Å². The SMILES string of the molecule is C=C(C=CCCCC=CC(=C)C(C)(C)C)C(C)(C)C. The largest absolute Gasteiger partial charge is 0.0953 e. The average Bonchev–Trinajstić information content (AvgIpc) is 2.24. The van der Waals surface area contributed by atoms with Crippen LogP contribution in [0.5, 0.6) is 0 Å². The van der Waals surface area contributed by atoms with Gasteiger partial charge in [-0.15, -0.1) is 0 Å². The molecule has 0 amide bonds. The molecular formula is C19H32. The van der Waals surface area contributed by atoms with Crippen LogP contribution in [-0.4, -0.2) is 0 Å². The molecule has 0 aliphatic heterocycles. The minimum Gasteiger partial charge on any atom is -0.0953 e. The van der Waals surface area contributed by atoms with Crippen molar-refractivity contribution < 1.29 is 0 Å². The van der Waals surface area contributed by atoms with Gasteiger partial charge in [-0.3, -0.25) is 0 Å². The van der Waals surface area contributed by atoms with E-state index in [9.17, 15) is 0 Å². The molecule has 0 aliphatic carbocycles. The maximum atomic E-state index is 4.10. The normalized spacial score (nSPS) is 13.4. The quantitative estimate of drug-likeness (QED) is 0.379. The summed E-state index contributed by atoms with van der Waals surface area (Å²) in [6, 6.07) is 0. The van der Waals surface area contributed by atoms with Gasteiger partial charge in [0, 0.05) is 0 Å². The molecule has 0 saturated carbocycles. The van der Waals surface area contributed by atoms with Gasteiger partial charge in [0.2, 0.25) is 0 Å². The van der Waals surface area contributed by atoms with Gasteiger partial charge in [-0.2, -0.15) is 0 Å². The van der Waals surface area contributed by atoms with E-state index in [4.69, 9.17) is 0 Å². The highest BCUT2D eigenvalue weighted by Gasteiger charge is 2.12. The van der Waals surface area contributed by atoms with E-state index < -0.39 is 0 Å². The summed E-state index contributed by atoms with van der Waals surface area (Å²) in [6.07, 6.45) is 12.2. The molecule has 0 fully saturated rings. The van der Waals surface area contributed by atoms with Crippen molar-refractivity contribution in [3.8, 4) is 0 Å². The zero-order valence-corrected chi connectivity index (χ0v) is 13.8. The van der Waals surface area contributed by atoms with Crippen LogP contribution in [0, 0.1) is 10.8 Å². The molecule has 0 rings (SSSR count). The molecule has 0 N–H and O–H groups in total. The molecule has 0 nitrogen and oxygen atoms in total. The number of rotatable bonds is 6. The van der Waals surface area contributed by atoms with Crippen LogP contribution in [0.3, 0.4) is 0 Å². The second-order valence-electron chi connectivity index (χ2n) is 7.29. The fraction of sp³-hybridized carbons (Fsp3) is 0.579. The second kappa shape index (κ2) is 7.53. The Labute approximate surface area is 121 Å². The van der Waals surface area contributed by atoms with Crippen LogP contribution in [-0.2, 0) is 0 Å². The Balaban J connectivity index is 3.90. The van der Waals surface area contributed by atoms with Gasteiger partial charge in [-0.05, 0) is 30.1 Å². The molecule has 0 aromatic carbocycles. The molecule has 108 valence electrons. The fourth-order valence-corrected chi connectivity index (χ4v) is 1.30. The third-order valence-corrected chi connectivity index (χ3v) is 3.31. The molecule has 0 aliphatic rings. The predicted molar refractivity (Wildman–Crippen MR) is 89.3 cm³/mol. The maximum Gasteiger partial charge on any atom is -0.0138 e. The Hall–Kier alpha value is -1.04. The lowest BCUT2D eigenvalue weighted by Gasteiger charge is -2.18. The first-order valence-corrected chi connectivity index (χ1v) is 7.27. The highest BCUT2D eigenvalue weighted by atomic mass is 14.2. The molecule has 0 aromatic rings. The van der Waals surface area contributed by atoms with Crippen molar-refractivity contribution in [2.75, 3.05) is 0 Å². The van der Waals surface area contributed by atoms with E-state index in [1.807, 2.05) is 0 Å². The molecule has 19 heavy (non-hydrogen) atoms. The van der Waals surface area contributed by atoms with Crippen LogP contribution >= 0.6 is 0 Å². The first kappa shape index (κ1) is 18.0. The van der Waals surface area contributed by atoms with Crippen LogP contribution < -0.4 is 0 Å². The molecule has 0 saturated heterocycles. The summed E-state index contributed by atoms with van der Waals surface area (Å²) in [5, 5.41) is 0. The number of hydrogen-bond donors (Lipinski definition) is 0. The lowest BCUT2D eigenvalue weighted by Crippen LogP contribution is -2.05. The first-order chi connectivity index (χ1) is 8.55. The van der Waals surface area contributed by atoms with Crippen LogP contribution in [0.15, 0.2) is 48.6 Å². The topological polar surface area (TPSA) is 0 Å². The molecule has 0 spiro atoms. The number of hydrogen-bond acceptors (Lipinski definition) is 0. The Kier molecular flexibility index (Phi) is 7.11. The summed E-state index contributed by atoms with van der Waals surface area (Å²) >= 11 is 0. The van der Waals surface area contributed by atoms with Crippen molar-refractivity contribution in [1.29, 1.82) is 0 Å². The van der Waals surface area contributed by atoms with Gasteiger partial charge < -0.3 is 0 Å². The Bertz CT molecular complexity index is 314. The Morgan fingerprint density at radius 3 is 1.32 bits per heavy atom. The van der Waals surface area contributed by atoms with Crippen molar-refractivity contribution in [1.82, 2.24) is 0 Å². The molecular weight excluding hydrogens is 228 g/mol. The van der Waals surface area contributed by atoms with Crippen molar-refractivity contribution in [3.63, 3.8) is 0 Å². The van der Waals surface area contributed by atoms with Crippen molar-refractivity contribution >= 4 is 0 Å². The zero-order chi connectivity index (χ0) is 15.1. The third-order valence-electron chi connectivity index (χ3n) is 3.31. The molecule has 0 bridgehead atoms. The van der Waals surface area contributed by atoms with Gasteiger partial charge in [-0.25, -0.2) is 0 Å². The minimum atomic E-state index is 0.181. The highest BCUT2D eigenvalue weighted by molar-refractivity contribution is 5.21. The molecule has 0 atom stereocenters. The van der Waals surface area contributed by atoms with Gasteiger partial charge in [0.1, 0.15) is 0 Å². The lowest BCUT2D eigenvalue weighted by molar-refractivity contribution is 0.518. The van der Waals surface area contributed by atoms with Crippen LogP contribution in [0.2, 0.25) is 0 Å². The summed E-state index contributed by atoms with van der Waals surface area (Å²) in [7, 11) is 0. The van der Waals surface area contributed by atoms with Crippen LogP contribution in [0.1, 0.15) is 60.8 Å². The van der Waals surface area contributed by atoms with Gasteiger partial charge >= 0.3 is 0 Å². The summed E-state index contributed by atoms with van der Waals surface area (Å²) < 4.78 is 0. The fourth-order valence-electron chi connectivity index (χ4n) is 1.30. The molecule has 0 heterocycles. The van der Waals surface area contributed by atoms with E-state index in [1.54, 1.807) is 0 Å². The van der Waals surface area contributed by atoms with E-state index in [1.165, 1.54) is 17.6 Å². The smallest absolute Gasteiger partial charge is 0.0138 e. The van der Waals surface area contributed by atoms with E-state index in [-0.39, 0.29) is 10.8 Å². The van der Waals surface area contributed by atoms with Crippen LogP contribution in [0.25, 0.3) is 0 Å². The van der Waals surface area contributed by atoms with Crippen molar-refractivity contribution in [2.24, 2.45) is 10.8 Å². The first-order valence-electron chi connectivity index (χ1n) is 7.27. The van der Waals surface area contributed by atoms with Gasteiger partial charge in [0.15, 0.2) is 0 Å². The van der Waals surface area contributed by atoms with E-state index in [2.05, 4.69) is 79.0 Å². The highest BCUT2D eigenvalue weighted by Crippen LogP contribution is 2.25. The second-order valence-corrected chi connectivity index (χ2v) is 7.29. The molecule has 0 aromatic heterocycles. The van der Waals surface area contributed by atoms with Gasteiger partial charge in [0.05, 0.1) is 0 Å². The van der Waals surface area contributed by atoms with E-state index in [0.29, 0.717) is 0 Å². The summed E-state index contributed by atoms with van der Waals surface area (Å²) in [5.41, 5.74) is 2.76. The Morgan fingerprint density at radius 1 is 0.737 bits per heavy atom. The van der Waals surface area contributed by atoms with Gasteiger partial charge in [-0.1, -0.05) is 90.2 Å². The molecule has 0 unspecified atom stereocenters. The zero-order valence-electron chi connectivity index (χ0n) is 13.8. The molecule has 0 heteroatoms. The van der Waals surface area contributed by atoms with Crippen molar-refractivity contribution in [3.05, 3.63) is 48.6 Å². The van der Waals surface area contributed by atoms with E-state index in [0.717, 1.165) is 12.8 Å². The van der Waals surface area contributed by atoms with E-state index >= 15 is 0 Å². The Morgan fingerprint density at radius 2 is 1.05 bits per heavy atom. The number of allylic oxidation sites excluding steroid dienone is 6. The third kappa shape index (κ3) is 8.64. The average molecular weight is 260 g/mol. The standard InChI is InChI=1S/C19H32/c1-16(18(3,4)5)14-12-10-9-11-13-15-17(2)19(6,7)8/h12-15H,1-2,9-11H2,3-8H3. The summed E-state index contributed by atoms with van der Waals surface area (Å²) in [6.45, 7) is 21.4. The lowest BCUT2D eigenvalue weighted by atomic mass is 9.87. The monoisotopic (exact) mass is 260 g/mol.